The van der Waals surface area contributed by atoms with E-state index in [1.807, 2.05) is 6.92 Å². The minimum Gasteiger partial charge on any atom is -0.482 e. The second kappa shape index (κ2) is 8.61. The van der Waals surface area contributed by atoms with Gasteiger partial charge in [-0.1, -0.05) is 71.7 Å². The number of halogens is 2. The fourth-order valence-electron chi connectivity index (χ4n) is 5.05. The van der Waals surface area contributed by atoms with Crippen LogP contribution in [0.2, 0.25) is 10.0 Å². The van der Waals surface area contributed by atoms with Crippen molar-refractivity contribution in [3.05, 3.63) is 99.0 Å². The molecule has 1 amide bonds. The molecule has 0 aromatic heterocycles. The Kier molecular flexibility index (Phi) is 5.66. The quantitative estimate of drug-likeness (QED) is 0.362. The minimum absolute atomic E-state index is 0.180. The molecule has 6 rings (SSSR count). The number of fused-ring (bicyclic) bond motifs is 1. The zero-order chi connectivity index (χ0) is 22.2. The van der Waals surface area contributed by atoms with Gasteiger partial charge < -0.3 is 4.74 Å². The van der Waals surface area contributed by atoms with E-state index < -0.39 is 0 Å². The summed E-state index contributed by atoms with van der Waals surface area (Å²) in [6.45, 7) is 1.81. The molecule has 0 radical (unpaired) electrons. The Balaban J connectivity index is 1.31. The second-order valence-corrected chi connectivity index (χ2v) is 9.13. The molecule has 0 heterocycles. The van der Waals surface area contributed by atoms with Crippen LogP contribution in [0.4, 0.5) is 0 Å². The van der Waals surface area contributed by atoms with Gasteiger partial charge in [-0.15, -0.1) is 0 Å². The molecule has 3 aromatic carbocycles. The van der Waals surface area contributed by atoms with E-state index in [9.17, 15) is 4.79 Å². The van der Waals surface area contributed by atoms with Gasteiger partial charge in [0, 0.05) is 28.5 Å². The number of hydrazone groups is 1. The number of hydrogen-bond acceptors (Lipinski definition) is 3. The van der Waals surface area contributed by atoms with Crippen LogP contribution in [0.1, 0.15) is 47.4 Å². The monoisotopic (exact) mass is 464 g/mol. The van der Waals surface area contributed by atoms with Crippen LogP contribution in [0.15, 0.2) is 71.8 Å². The van der Waals surface area contributed by atoms with Gasteiger partial charge in [-0.25, -0.2) is 5.43 Å². The Morgan fingerprint density at radius 1 is 1.00 bits per heavy atom. The summed E-state index contributed by atoms with van der Waals surface area (Å²) in [5, 5.41) is 5.32. The van der Waals surface area contributed by atoms with Crippen molar-refractivity contribution < 1.29 is 9.53 Å². The Morgan fingerprint density at radius 3 is 2.25 bits per heavy atom. The Morgan fingerprint density at radius 2 is 1.62 bits per heavy atom. The number of nitrogens with zero attached hydrogens (tertiary/aromatic N) is 1. The zero-order valence-corrected chi connectivity index (χ0v) is 19.0. The predicted molar refractivity (Wildman–Crippen MR) is 128 cm³/mol. The molecule has 0 fully saturated rings. The van der Waals surface area contributed by atoms with Crippen molar-refractivity contribution in [2.75, 3.05) is 6.61 Å². The topological polar surface area (TPSA) is 50.7 Å². The van der Waals surface area contributed by atoms with Gasteiger partial charge in [0.25, 0.3) is 5.91 Å². The molecule has 4 nitrogen and oxygen atoms in total. The molecule has 162 valence electrons. The number of benzene rings is 3. The molecule has 2 bridgehead atoms. The highest BCUT2D eigenvalue weighted by Gasteiger charge is 2.44. The van der Waals surface area contributed by atoms with E-state index in [2.05, 4.69) is 59.1 Å². The first kappa shape index (κ1) is 21.0. The molecule has 0 spiro atoms. The van der Waals surface area contributed by atoms with Crippen LogP contribution in [-0.2, 0) is 4.79 Å². The predicted octanol–water partition coefficient (Wildman–Crippen LogP) is 6.16. The van der Waals surface area contributed by atoms with Gasteiger partial charge in [0.2, 0.25) is 0 Å². The van der Waals surface area contributed by atoms with Crippen LogP contribution >= 0.6 is 23.2 Å². The summed E-state index contributed by atoms with van der Waals surface area (Å²) in [5.74, 6) is 0.907. The maximum Gasteiger partial charge on any atom is 0.277 e. The molecule has 0 saturated carbocycles. The molecule has 1 N–H and O–H groups in total. The number of carbonyl (C=O) groups is 1. The lowest BCUT2D eigenvalue weighted by Crippen LogP contribution is -2.36. The summed E-state index contributed by atoms with van der Waals surface area (Å²) in [6.07, 6.45) is 0.987. The first-order valence-corrected chi connectivity index (χ1v) is 11.4. The van der Waals surface area contributed by atoms with E-state index in [0.717, 1.165) is 12.1 Å². The summed E-state index contributed by atoms with van der Waals surface area (Å²) in [5.41, 5.74) is 9.13. The molecular weight excluding hydrogens is 443 g/mol. The van der Waals surface area contributed by atoms with Crippen LogP contribution < -0.4 is 10.2 Å². The summed E-state index contributed by atoms with van der Waals surface area (Å²) in [4.78, 5) is 12.3. The number of amides is 1. The molecule has 6 heteroatoms. The molecule has 32 heavy (non-hydrogen) atoms. The molecule has 1 atom stereocenters. The average Bonchev–Trinajstić information content (AvgIpc) is 2.82. The van der Waals surface area contributed by atoms with Crippen molar-refractivity contribution in [1.29, 1.82) is 0 Å². The summed E-state index contributed by atoms with van der Waals surface area (Å²) in [7, 11) is 0. The van der Waals surface area contributed by atoms with Crippen molar-refractivity contribution in [1.82, 2.24) is 5.43 Å². The molecule has 0 aliphatic heterocycles. The van der Waals surface area contributed by atoms with Crippen molar-refractivity contribution >= 4 is 34.8 Å². The lowest BCUT2D eigenvalue weighted by molar-refractivity contribution is -0.123. The first-order valence-electron chi connectivity index (χ1n) is 10.6. The second-order valence-electron chi connectivity index (χ2n) is 8.28. The van der Waals surface area contributed by atoms with E-state index in [0.29, 0.717) is 21.7 Å². The largest absolute Gasteiger partial charge is 0.482 e. The fraction of sp³-hybridized carbons (Fsp3) is 0.231. The summed E-state index contributed by atoms with van der Waals surface area (Å²) >= 11 is 12.0. The minimum atomic E-state index is -0.336. The number of ether oxygens (including phenoxy) is 1. The third-order valence-electron chi connectivity index (χ3n) is 6.45. The number of rotatable bonds is 5. The Labute approximate surface area is 197 Å². The zero-order valence-electron chi connectivity index (χ0n) is 17.5. The van der Waals surface area contributed by atoms with E-state index in [4.69, 9.17) is 27.9 Å². The average molecular weight is 465 g/mol. The van der Waals surface area contributed by atoms with Crippen molar-refractivity contribution in [3.8, 4) is 5.75 Å². The summed E-state index contributed by atoms with van der Waals surface area (Å²) < 4.78 is 5.50. The number of carbonyl (C=O) groups excluding carboxylic acids is 1. The highest BCUT2D eigenvalue weighted by atomic mass is 35.5. The smallest absolute Gasteiger partial charge is 0.277 e. The van der Waals surface area contributed by atoms with E-state index in [1.54, 1.807) is 18.2 Å². The van der Waals surface area contributed by atoms with Crippen LogP contribution in [0.25, 0.3) is 0 Å². The molecular formula is C26H22Cl2N2O2. The lowest BCUT2D eigenvalue weighted by atomic mass is 9.58. The molecule has 3 aliphatic carbocycles. The van der Waals surface area contributed by atoms with Gasteiger partial charge >= 0.3 is 0 Å². The molecule has 3 aromatic rings. The van der Waals surface area contributed by atoms with Crippen molar-refractivity contribution in [3.63, 3.8) is 0 Å². The van der Waals surface area contributed by atoms with E-state index in [1.165, 1.54) is 22.3 Å². The maximum absolute atomic E-state index is 12.3. The van der Waals surface area contributed by atoms with Gasteiger partial charge in [-0.3, -0.25) is 4.79 Å². The standard InChI is InChI=1S/C26H22Cl2N2O2/c1-15(29-30-25(31)14-32-24-11-10-16(27)12-23(24)28)21-13-22-17-6-2-4-8-19(17)26(21)20-9-5-3-7-18(20)22/h2-12,21-22,26H,13-14H2,1H3,(H,30,31)/b29-15-. The van der Waals surface area contributed by atoms with Crippen molar-refractivity contribution in [2.24, 2.45) is 11.0 Å². The van der Waals surface area contributed by atoms with E-state index in [-0.39, 0.29) is 24.3 Å². The highest BCUT2D eigenvalue weighted by molar-refractivity contribution is 6.35. The van der Waals surface area contributed by atoms with Gasteiger partial charge in [0.15, 0.2) is 6.61 Å². The van der Waals surface area contributed by atoms with Crippen LogP contribution in [0.3, 0.4) is 0 Å². The van der Waals surface area contributed by atoms with Gasteiger partial charge in [0.1, 0.15) is 5.75 Å². The Hall–Kier alpha value is -2.82. The fourth-order valence-corrected chi connectivity index (χ4v) is 5.51. The normalized spacial score (nSPS) is 21.0. The number of hydrogen-bond donors (Lipinski definition) is 1. The number of nitrogens with one attached hydrogen (secondary N) is 1. The SMILES string of the molecule is C/C(=N/NC(=O)COc1ccc(Cl)cc1Cl)C1CC2c3ccccc3C1c1ccccc12. The third-order valence-corrected chi connectivity index (χ3v) is 6.98. The third kappa shape index (κ3) is 3.78. The van der Waals surface area contributed by atoms with Gasteiger partial charge in [-0.05, 0) is 53.8 Å². The van der Waals surface area contributed by atoms with Crippen LogP contribution in [0, 0.1) is 5.92 Å². The molecule has 0 saturated heterocycles. The van der Waals surface area contributed by atoms with Gasteiger partial charge in [-0.2, -0.15) is 5.10 Å². The first-order chi connectivity index (χ1) is 15.5. The molecule has 3 aliphatic rings. The van der Waals surface area contributed by atoms with E-state index >= 15 is 0 Å². The van der Waals surface area contributed by atoms with Crippen molar-refractivity contribution in [2.45, 2.75) is 25.2 Å². The van der Waals surface area contributed by atoms with Gasteiger partial charge in [0.05, 0.1) is 5.02 Å². The maximum atomic E-state index is 12.3. The Bertz CT molecular complexity index is 1180. The molecule has 1 unspecified atom stereocenters. The van der Waals surface area contributed by atoms with Crippen LogP contribution in [0.5, 0.6) is 5.75 Å². The summed E-state index contributed by atoms with van der Waals surface area (Å²) in [6, 6.07) is 22.3. The lowest BCUT2D eigenvalue weighted by Gasteiger charge is -2.45. The van der Waals surface area contributed by atoms with Crippen LogP contribution in [-0.4, -0.2) is 18.2 Å². The highest BCUT2D eigenvalue weighted by Crippen LogP contribution is 2.55.